The van der Waals surface area contributed by atoms with Crippen molar-refractivity contribution in [2.24, 2.45) is 5.92 Å². The Bertz CT molecular complexity index is 431. The zero-order chi connectivity index (χ0) is 12.3. The fraction of sp³-hybridized carbons (Fsp3) is 0.538. The van der Waals surface area contributed by atoms with Gasteiger partial charge in [0.1, 0.15) is 11.9 Å². The van der Waals surface area contributed by atoms with Gasteiger partial charge in [0.2, 0.25) is 0 Å². The predicted molar refractivity (Wildman–Crippen MR) is 65.7 cm³/mol. The molecular formula is C13H17N3O. The van der Waals surface area contributed by atoms with Gasteiger partial charge in [-0.05, 0) is 37.8 Å². The molecule has 0 aliphatic carbocycles. The predicted octanol–water partition coefficient (Wildman–Crippen LogP) is 1.47. The highest BCUT2D eigenvalue weighted by Gasteiger charge is 2.21. The van der Waals surface area contributed by atoms with Gasteiger partial charge >= 0.3 is 0 Å². The van der Waals surface area contributed by atoms with Crippen LogP contribution in [0, 0.1) is 24.2 Å². The minimum atomic E-state index is 0.264. The number of pyridine rings is 1. The van der Waals surface area contributed by atoms with Crippen LogP contribution in [-0.2, 0) is 0 Å². The van der Waals surface area contributed by atoms with Crippen molar-refractivity contribution < 1.29 is 5.11 Å². The monoisotopic (exact) mass is 231 g/mol. The van der Waals surface area contributed by atoms with Crippen molar-refractivity contribution in [1.29, 1.82) is 5.26 Å². The van der Waals surface area contributed by atoms with Gasteiger partial charge in [0.25, 0.3) is 0 Å². The van der Waals surface area contributed by atoms with Crippen molar-refractivity contribution in [3.05, 3.63) is 23.4 Å². The van der Waals surface area contributed by atoms with Crippen LogP contribution in [0.1, 0.15) is 24.1 Å². The molecule has 0 atom stereocenters. The van der Waals surface area contributed by atoms with Gasteiger partial charge in [-0.25, -0.2) is 4.98 Å². The van der Waals surface area contributed by atoms with E-state index >= 15 is 0 Å². The largest absolute Gasteiger partial charge is 0.396 e. The SMILES string of the molecule is Cc1ccc(C#N)c(N2CCC(CO)CC2)n1. The quantitative estimate of drug-likeness (QED) is 0.837. The molecule has 0 saturated carbocycles. The lowest BCUT2D eigenvalue weighted by molar-refractivity contribution is 0.203. The summed E-state index contributed by atoms with van der Waals surface area (Å²) >= 11 is 0. The molecule has 1 aliphatic heterocycles. The molecule has 4 heteroatoms. The highest BCUT2D eigenvalue weighted by molar-refractivity contribution is 5.54. The fourth-order valence-electron chi connectivity index (χ4n) is 2.20. The number of hydrogen-bond donors (Lipinski definition) is 1. The molecule has 0 amide bonds. The normalized spacial score (nSPS) is 16.9. The zero-order valence-corrected chi connectivity index (χ0v) is 10.1. The van der Waals surface area contributed by atoms with Gasteiger partial charge in [0.15, 0.2) is 0 Å². The molecule has 2 rings (SSSR count). The molecule has 0 unspecified atom stereocenters. The summed E-state index contributed by atoms with van der Waals surface area (Å²) in [6.45, 7) is 3.94. The van der Waals surface area contributed by atoms with Gasteiger partial charge in [-0.3, -0.25) is 0 Å². The Morgan fingerprint density at radius 3 is 2.76 bits per heavy atom. The third-order valence-corrected chi connectivity index (χ3v) is 3.31. The topological polar surface area (TPSA) is 60.2 Å². The van der Waals surface area contributed by atoms with Gasteiger partial charge in [-0.15, -0.1) is 0 Å². The second kappa shape index (κ2) is 5.15. The summed E-state index contributed by atoms with van der Waals surface area (Å²) < 4.78 is 0. The highest BCUT2D eigenvalue weighted by atomic mass is 16.3. The van der Waals surface area contributed by atoms with Crippen LogP contribution in [0.15, 0.2) is 12.1 Å². The van der Waals surface area contributed by atoms with Crippen LogP contribution < -0.4 is 4.90 Å². The highest BCUT2D eigenvalue weighted by Crippen LogP contribution is 2.24. The number of aliphatic hydroxyl groups is 1. The maximum Gasteiger partial charge on any atom is 0.146 e. The van der Waals surface area contributed by atoms with Crippen LogP contribution in [0.4, 0.5) is 5.82 Å². The van der Waals surface area contributed by atoms with Crippen LogP contribution in [0.3, 0.4) is 0 Å². The molecule has 0 aromatic carbocycles. The first kappa shape index (κ1) is 11.9. The Balaban J connectivity index is 2.18. The number of hydrogen-bond acceptors (Lipinski definition) is 4. The minimum Gasteiger partial charge on any atom is -0.396 e. The van der Waals surface area contributed by atoms with Crippen LogP contribution in [0.5, 0.6) is 0 Å². The van der Waals surface area contributed by atoms with Crippen molar-refractivity contribution in [3.63, 3.8) is 0 Å². The average Bonchev–Trinajstić information content (AvgIpc) is 2.39. The van der Waals surface area contributed by atoms with Crippen LogP contribution in [0.25, 0.3) is 0 Å². The smallest absolute Gasteiger partial charge is 0.146 e. The van der Waals surface area contributed by atoms with Crippen molar-refractivity contribution in [3.8, 4) is 6.07 Å². The maximum atomic E-state index is 9.11. The number of piperidine rings is 1. The molecule has 0 spiro atoms. The van der Waals surface area contributed by atoms with Gasteiger partial charge < -0.3 is 10.0 Å². The van der Waals surface area contributed by atoms with E-state index < -0.39 is 0 Å². The Morgan fingerprint density at radius 1 is 1.47 bits per heavy atom. The van der Waals surface area contributed by atoms with E-state index in [2.05, 4.69) is 16.0 Å². The summed E-state index contributed by atoms with van der Waals surface area (Å²) in [5, 5.41) is 18.2. The lowest BCUT2D eigenvalue weighted by Gasteiger charge is -2.32. The maximum absolute atomic E-state index is 9.11. The van der Waals surface area contributed by atoms with Crippen LogP contribution in [-0.4, -0.2) is 29.8 Å². The van der Waals surface area contributed by atoms with Gasteiger partial charge in [0, 0.05) is 25.4 Å². The van der Waals surface area contributed by atoms with Crippen molar-refractivity contribution in [2.75, 3.05) is 24.6 Å². The van der Waals surface area contributed by atoms with Gasteiger partial charge in [-0.2, -0.15) is 5.26 Å². The number of nitriles is 1. The van der Waals surface area contributed by atoms with E-state index in [1.165, 1.54) is 0 Å². The molecule has 1 saturated heterocycles. The summed E-state index contributed by atoms with van der Waals surface area (Å²) in [4.78, 5) is 6.61. The number of nitrogens with zero attached hydrogens (tertiary/aromatic N) is 3. The van der Waals surface area contributed by atoms with Crippen LogP contribution >= 0.6 is 0 Å². The first-order valence-corrected chi connectivity index (χ1v) is 5.98. The number of aryl methyl sites for hydroxylation is 1. The molecule has 1 aromatic heterocycles. The van der Waals surface area contributed by atoms with Crippen LogP contribution in [0.2, 0.25) is 0 Å². The molecule has 1 aliphatic rings. The number of anilines is 1. The summed E-state index contributed by atoms with van der Waals surface area (Å²) in [5.74, 6) is 1.20. The molecule has 1 N–H and O–H groups in total. The molecule has 0 bridgehead atoms. The van der Waals surface area contributed by atoms with E-state index in [4.69, 9.17) is 10.4 Å². The molecule has 4 nitrogen and oxygen atoms in total. The molecule has 90 valence electrons. The first-order chi connectivity index (χ1) is 8.24. The van der Waals surface area contributed by atoms with E-state index in [9.17, 15) is 0 Å². The van der Waals surface area contributed by atoms with E-state index in [1.807, 2.05) is 19.1 Å². The molecule has 0 radical (unpaired) electrons. The summed E-state index contributed by atoms with van der Waals surface area (Å²) in [6.07, 6.45) is 1.94. The van der Waals surface area contributed by atoms with Gasteiger partial charge in [0.05, 0.1) is 5.56 Å². The number of aromatic nitrogens is 1. The van der Waals surface area contributed by atoms with Crippen molar-refractivity contribution in [2.45, 2.75) is 19.8 Å². The Hall–Kier alpha value is -1.60. The number of aliphatic hydroxyl groups excluding tert-OH is 1. The third kappa shape index (κ3) is 2.56. The lowest BCUT2D eigenvalue weighted by atomic mass is 9.97. The van der Waals surface area contributed by atoms with Gasteiger partial charge in [-0.1, -0.05) is 0 Å². The second-order valence-electron chi connectivity index (χ2n) is 4.55. The molecule has 2 heterocycles. The van der Waals surface area contributed by atoms with E-state index in [0.717, 1.165) is 37.4 Å². The molecule has 17 heavy (non-hydrogen) atoms. The van der Waals surface area contributed by atoms with Crippen molar-refractivity contribution >= 4 is 5.82 Å². The molecule has 1 aromatic rings. The standard InChI is InChI=1S/C13H17N3O/c1-10-2-3-12(8-14)13(15-10)16-6-4-11(9-17)5-7-16/h2-3,11,17H,4-7,9H2,1H3. The van der Waals surface area contributed by atoms with E-state index in [0.29, 0.717) is 11.5 Å². The summed E-state index contributed by atoms with van der Waals surface area (Å²) in [5.41, 5.74) is 1.57. The van der Waals surface area contributed by atoms with E-state index in [1.54, 1.807) is 0 Å². The lowest BCUT2D eigenvalue weighted by Crippen LogP contribution is -2.35. The van der Waals surface area contributed by atoms with Crippen molar-refractivity contribution in [1.82, 2.24) is 4.98 Å². The minimum absolute atomic E-state index is 0.264. The first-order valence-electron chi connectivity index (χ1n) is 5.98. The summed E-state index contributed by atoms with van der Waals surface area (Å²) in [7, 11) is 0. The average molecular weight is 231 g/mol. The number of rotatable bonds is 2. The fourth-order valence-corrected chi connectivity index (χ4v) is 2.20. The zero-order valence-electron chi connectivity index (χ0n) is 10.1. The third-order valence-electron chi connectivity index (χ3n) is 3.31. The Kier molecular flexibility index (Phi) is 3.60. The molecular weight excluding hydrogens is 214 g/mol. The van der Waals surface area contributed by atoms with E-state index in [-0.39, 0.29) is 6.61 Å². The second-order valence-corrected chi connectivity index (χ2v) is 4.55. The Labute approximate surface area is 102 Å². The Morgan fingerprint density at radius 2 is 2.18 bits per heavy atom. The molecule has 1 fully saturated rings. The summed E-state index contributed by atoms with van der Waals surface area (Å²) in [6, 6.07) is 5.88.